The highest BCUT2D eigenvalue weighted by molar-refractivity contribution is 5.63. The summed E-state index contributed by atoms with van der Waals surface area (Å²) in [6, 6.07) is 31.6. The van der Waals surface area contributed by atoms with Gasteiger partial charge in [0.25, 0.3) is 0 Å². The fourth-order valence-electron chi connectivity index (χ4n) is 4.29. The molecule has 3 aromatic carbocycles. The van der Waals surface area contributed by atoms with Crippen LogP contribution in [0.5, 0.6) is 0 Å². The van der Waals surface area contributed by atoms with E-state index in [1.54, 1.807) is 0 Å². The zero-order valence-corrected chi connectivity index (χ0v) is 18.9. The Hall–Kier alpha value is -2.72. The largest absolute Gasteiger partial charge is 0.367 e. The molecule has 1 saturated heterocycles. The number of nitrogens with zero attached hydrogens (tertiary/aromatic N) is 2. The Morgan fingerprint density at radius 3 is 1.69 bits per heavy atom. The number of hydrogen-bond acceptors (Lipinski definition) is 3. The van der Waals surface area contributed by atoms with Crippen LogP contribution >= 0.6 is 0 Å². The lowest BCUT2D eigenvalue weighted by Crippen LogP contribution is -2.47. The fraction of sp³-hybridized carbons (Fsp3) is 0.310. The molecule has 0 saturated carbocycles. The van der Waals surface area contributed by atoms with Crippen LogP contribution in [0.25, 0.3) is 5.57 Å². The molecular formula is C29H34N2O. The highest BCUT2D eigenvalue weighted by Crippen LogP contribution is 2.25. The van der Waals surface area contributed by atoms with E-state index in [0.717, 1.165) is 52.3 Å². The van der Waals surface area contributed by atoms with Crippen LogP contribution < -0.4 is 0 Å². The Balaban J connectivity index is 1.21. The molecule has 0 bridgehead atoms. The normalized spacial score (nSPS) is 15.2. The van der Waals surface area contributed by atoms with Crippen LogP contribution in [0.15, 0.2) is 97.6 Å². The number of piperazine rings is 1. The minimum Gasteiger partial charge on any atom is -0.367 e. The molecular weight excluding hydrogens is 392 g/mol. The van der Waals surface area contributed by atoms with Gasteiger partial charge in [0.15, 0.2) is 0 Å². The van der Waals surface area contributed by atoms with E-state index < -0.39 is 0 Å². The van der Waals surface area contributed by atoms with E-state index in [2.05, 4.69) is 107 Å². The van der Waals surface area contributed by atoms with Crippen molar-refractivity contribution in [2.75, 3.05) is 45.9 Å². The lowest BCUT2D eigenvalue weighted by atomic mass is 10.0. The molecule has 0 amide bonds. The van der Waals surface area contributed by atoms with Crippen molar-refractivity contribution in [1.29, 1.82) is 0 Å². The standard InChI is InChI=1S/C29H34N2O/c1-25(26-11-5-2-6-12-26)17-18-30-19-21-31(22-20-30)23-24-32-29(27-13-7-3-8-14-27)28-15-9-4-10-16-28/h2-16,29H,1,17-24H2. The van der Waals surface area contributed by atoms with Gasteiger partial charge in [-0.2, -0.15) is 0 Å². The number of ether oxygens (including phenoxy) is 1. The third-order valence-corrected chi connectivity index (χ3v) is 6.27. The Bertz CT molecular complexity index is 895. The summed E-state index contributed by atoms with van der Waals surface area (Å²) < 4.78 is 6.40. The molecule has 0 spiro atoms. The van der Waals surface area contributed by atoms with Gasteiger partial charge in [-0.1, -0.05) is 97.6 Å². The summed E-state index contributed by atoms with van der Waals surface area (Å²) in [7, 11) is 0. The quantitative estimate of drug-likeness (QED) is 0.425. The number of hydrogen-bond donors (Lipinski definition) is 0. The predicted octanol–water partition coefficient (Wildman–Crippen LogP) is 5.51. The molecule has 3 aromatic rings. The maximum Gasteiger partial charge on any atom is 0.108 e. The first-order chi connectivity index (χ1) is 15.8. The van der Waals surface area contributed by atoms with Crippen molar-refractivity contribution in [3.05, 3.63) is 114 Å². The first-order valence-corrected chi connectivity index (χ1v) is 11.7. The molecule has 166 valence electrons. The second-order valence-corrected chi connectivity index (χ2v) is 8.48. The molecule has 32 heavy (non-hydrogen) atoms. The molecule has 0 unspecified atom stereocenters. The molecule has 1 fully saturated rings. The van der Waals surface area contributed by atoms with E-state index in [0.29, 0.717) is 0 Å². The molecule has 3 heteroatoms. The third kappa shape index (κ3) is 6.39. The van der Waals surface area contributed by atoms with Crippen LogP contribution in [-0.4, -0.2) is 55.7 Å². The molecule has 0 atom stereocenters. The van der Waals surface area contributed by atoms with Crippen molar-refractivity contribution in [3.63, 3.8) is 0 Å². The third-order valence-electron chi connectivity index (χ3n) is 6.27. The molecule has 4 rings (SSSR count). The lowest BCUT2D eigenvalue weighted by molar-refractivity contribution is 0.0456. The van der Waals surface area contributed by atoms with Crippen molar-refractivity contribution in [3.8, 4) is 0 Å². The minimum atomic E-state index is -0.0114. The zero-order valence-electron chi connectivity index (χ0n) is 18.9. The van der Waals surface area contributed by atoms with Crippen LogP contribution in [-0.2, 0) is 4.74 Å². The van der Waals surface area contributed by atoms with E-state index in [9.17, 15) is 0 Å². The molecule has 0 radical (unpaired) electrons. The first kappa shape index (κ1) is 22.5. The monoisotopic (exact) mass is 426 g/mol. The SMILES string of the molecule is C=C(CCN1CCN(CCOC(c2ccccc2)c2ccccc2)CC1)c1ccccc1. The second kappa shape index (κ2) is 11.8. The Labute approximate surface area is 192 Å². The van der Waals surface area contributed by atoms with E-state index in [4.69, 9.17) is 4.74 Å². The summed E-state index contributed by atoms with van der Waals surface area (Å²) in [6.45, 7) is 11.5. The van der Waals surface area contributed by atoms with E-state index >= 15 is 0 Å². The van der Waals surface area contributed by atoms with Gasteiger partial charge in [-0.25, -0.2) is 0 Å². The van der Waals surface area contributed by atoms with Gasteiger partial charge in [-0.05, 0) is 28.7 Å². The van der Waals surface area contributed by atoms with Crippen LogP contribution in [0.4, 0.5) is 0 Å². The smallest absolute Gasteiger partial charge is 0.108 e. The molecule has 0 N–H and O–H groups in total. The fourth-order valence-corrected chi connectivity index (χ4v) is 4.29. The predicted molar refractivity (Wildman–Crippen MR) is 134 cm³/mol. The van der Waals surface area contributed by atoms with Gasteiger partial charge < -0.3 is 9.64 Å². The van der Waals surface area contributed by atoms with Gasteiger partial charge in [0, 0.05) is 39.3 Å². The van der Waals surface area contributed by atoms with Crippen molar-refractivity contribution >= 4 is 5.57 Å². The van der Waals surface area contributed by atoms with Gasteiger partial charge in [0.1, 0.15) is 6.10 Å². The van der Waals surface area contributed by atoms with Gasteiger partial charge in [-0.3, -0.25) is 4.90 Å². The van der Waals surface area contributed by atoms with Crippen molar-refractivity contribution in [2.24, 2.45) is 0 Å². The summed E-state index contributed by atoms with van der Waals surface area (Å²) in [5, 5.41) is 0. The summed E-state index contributed by atoms with van der Waals surface area (Å²) in [4.78, 5) is 5.08. The van der Waals surface area contributed by atoms with Crippen molar-refractivity contribution in [1.82, 2.24) is 9.80 Å². The Morgan fingerprint density at radius 1 is 0.688 bits per heavy atom. The number of benzene rings is 3. The van der Waals surface area contributed by atoms with Crippen molar-refractivity contribution < 1.29 is 4.74 Å². The molecule has 1 aliphatic rings. The van der Waals surface area contributed by atoms with Crippen LogP contribution in [0, 0.1) is 0 Å². The summed E-state index contributed by atoms with van der Waals surface area (Å²) in [5.41, 5.74) is 4.91. The van der Waals surface area contributed by atoms with Crippen LogP contribution in [0.3, 0.4) is 0 Å². The lowest BCUT2D eigenvalue weighted by Gasteiger charge is -2.35. The maximum absolute atomic E-state index is 6.40. The van der Waals surface area contributed by atoms with E-state index in [1.807, 2.05) is 0 Å². The highest BCUT2D eigenvalue weighted by atomic mass is 16.5. The average molecular weight is 427 g/mol. The van der Waals surface area contributed by atoms with Gasteiger partial charge in [0.05, 0.1) is 6.61 Å². The van der Waals surface area contributed by atoms with E-state index in [1.165, 1.54) is 22.3 Å². The molecule has 0 aromatic heterocycles. The van der Waals surface area contributed by atoms with Gasteiger partial charge in [0.2, 0.25) is 0 Å². The molecule has 3 nitrogen and oxygen atoms in total. The second-order valence-electron chi connectivity index (χ2n) is 8.48. The van der Waals surface area contributed by atoms with Gasteiger partial charge >= 0.3 is 0 Å². The molecule has 1 aliphatic heterocycles. The number of rotatable bonds is 10. The van der Waals surface area contributed by atoms with Crippen LogP contribution in [0.2, 0.25) is 0 Å². The minimum absolute atomic E-state index is 0.0114. The summed E-state index contributed by atoms with van der Waals surface area (Å²) >= 11 is 0. The van der Waals surface area contributed by atoms with Crippen molar-refractivity contribution in [2.45, 2.75) is 12.5 Å². The average Bonchev–Trinajstić information content (AvgIpc) is 2.87. The molecule has 0 aliphatic carbocycles. The first-order valence-electron chi connectivity index (χ1n) is 11.7. The Morgan fingerprint density at radius 2 is 1.16 bits per heavy atom. The van der Waals surface area contributed by atoms with Crippen LogP contribution in [0.1, 0.15) is 29.2 Å². The topological polar surface area (TPSA) is 15.7 Å². The summed E-state index contributed by atoms with van der Waals surface area (Å²) in [5.74, 6) is 0. The van der Waals surface area contributed by atoms with E-state index in [-0.39, 0.29) is 6.10 Å². The molecule has 1 heterocycles. The summed E-state index contributed by atoms with van der Waals surface area (Å²) in [6.07, 6.45) is 1.02. The maximum atomic E-state index is 6.40. The highest BCUT2D eigenvalue weighted by Gasteiger charge is 2.18. The zero-order chi connectivity index (χ0) is 22.0. The Kier molecular flexibility index (Phi) is 8.27. The van der Waals surface area contributed by atoms with Gasteiger partial charge in [-0.15, -0.1) is 0 Å².